The van der Waals surface area contributed by atoms with Gasteiger partial charge in [0.25, 0.3) is 10.0 Å². The van der Waals surface area contributed by atoms with Crippen LogP contribution in [0.1, 0.15) is 31.7 Å². The normalized spacial score (nSPS) is 12.9. The van der Waals surface area contributed by atoms with E-state index in [9.17, 15) is 8.42 Å². The Balaban J connectivity index is 2.32. The second kappa shape index (κ2) is 6.31. The second-order valence-corrected chi connectivity index (χ2v) is 7.16. The zero-order valence-electron chi connectivity index (χ0n) is 12.7. The Morgan fingerprint density at radius 2 is 1.57 bits per heavy atom. The van der Waals surface area contributed by atoms with E-state index in [4.69, 9.17) is 0 Å². The zero-order chi connectivity index (χ0) is 15.5. The van der Waals surface area contributed by atoms with Gasteiger partial charge in [-0.3, -0.25) is 4.31 Å². The van der Waals surface area contributed by atoms with Gasteiger partial charge in [-0.1, -0.05) is 44.2 Å². The summed E-state index contributed by atoms with van der Waals surface area (Å²) in [6, 6.07) is 16.3. The van der Waals surface area contributed by atoms with Gasteiger partial charge < -0.3 is 0 Å². The van der Waals surface area contributed by atoms with E-state index in [0.717, 1.165) is 6.42 Å². The van der Waals surface area contributed by atoms with Gasteiger partial charge in [-0.15, -0.1) is 0 Å². The first-order valence-corrected chi connectivity index (χ1v) is 8.54. The largest absolute Gasteiger partial charge is 0.269 e. The molecule has 0 bridgehead atoms. The van der Waals surface area contributed by atoms with E-state index < -0.39 is 10.0 Å². The lowest BCUT2D eigenvalue weighted by Crippen LogP contribution is -2.26. The van der Waals surface area contributed by atoms with Gasteiger partial charge in [0.05, 0.1) is 10.6 Å². The molecule has 0 fully saturated rings. The van der Waals surface area contributed by atoms with Gasteiger partial charge in [0.2, 0.25) is 0 Å². The van der Waals surface area contributed by atoms with Crippen molar-refractivity contribution in [2.75, 3.05) is 11.4 Å². The van der Waals surface area contributed by atoms with E-state index in [-0.39, 0.29) is 0 Å². The summed E-state index contributed by atoms with van der Waals surface area (Å²) in [6.45, 7) is 4.26. The quantitative estimate of drug-likeness (QED) is 0.836. The minimum Gasteiger partial charge on any atom is -0.269 e. The van der Waals surface area contributed by atoms with Gasteiger partial charge in [-0.25, -0.2) is 8.42 Å². The highest BCUT2D eigenvalue weighted by Gasteiger charge is 2.21. The van der Waals surface area contributed by atoms with Gasteiger partial charge in [0.15, 0.2) is 0 Å². The molecule has 0 aliphatic heterocycles. The summed E-state index contributed by atoms with van der Waals surface area (Å²) in [5.41, 5.74) is 1.82. The fourth-order valence-electron chi connectivity index (χ4n) is 2.14. The first kappa shape index (κ1) is 15.6. The topological polar surface area (TPSA) is 37.4 Å². The third-order valence-corrected chi connectivity index (χ3v) is 5.64. The highest BCUT2D eigenvalue weighted by atomic mass is 32.2. The predicted molar refractivity (Wildman–Crippen MR) is 87.2 cm³/mol. The van der Waals surface area contributed by atoms with Crippen molar-refractivity contribution < 1.29 is 8.42 Å². The van der Waals surface area contributed by atoms with Crippen molar-refractivity contribution in [2.45, 2.75) is 31.1 Å². The van der Waals surface area contributed by atoms with E-state index in [1.165, 1.54) is 9.87 Å². The molecule has 0 N–H and O–H groups in total. The molecule has 2 aromatic rings. The molecule has 0 saturated heterocycles. The van der Waals surface area contributed by atoms with Crippen LogP contribution in [0, 0.1) is 0 Å². The molecule has 0 heterocycles. The molecule has 0 aromatic heterocycles. The molecule has 0 spiro atoms. The average molecular weight is 303 g/mol. The van der Waals surface area contributed by atoms with E-state index in [1.54, 1.807) is 31.3 Å². The number of nitrogens with zero attached hydrogens (tertiary/aromatic N) is 1. The number of hydrogen-bond donors (Lipinski definition) is 0. The third-order valence-electron chi connectivity index (χ3n) is 3.84. The Labute approximate surface area is 127 Å². The number of hydrogen-bond acceptors (Lipinski definition) is 2. The minimum absolute atomic E-state index is 0.320. The summed E-state index contributed by atoms with van der Waals surface area (Å²) in [6.07, 6.45) is 1.04. The summed E-state index contributed by atoms with van der Waals surface area (Å²) >= 11 is 0. The van der Waals surface area contributed by atoms with E-state index >= 15 is 0 Å². The van der Waals surface area contributed by atoms with E-state index in [1.807, 2.05) is 30.3 Å². The molecule has 0 saturated carbocycles. The van der Waals surface area contributed by atoms with E-state index in [2.05, 4.69) is 13.8 Å². The Kier molecular flexibility index (Phi) is 4.68. The third kappa shape index (κ3) is 3.27. The van der Waals surface area contributed by atoms with Crippen LogP contribution in [0.25, 0.3) is 0 Å². The summed E-state index contributed by atoms with van der Waals surface area (Å²) in [5.74, 6) is 0.439. The summed E-state index contributed by atoms with van der Waals surface area (Å²) in [4.78, 5) is 0.320. The molecule has 2 aromatic carbocycles. The fraction of sp³-hybridized carbons (Fsp3) is 0.294. The van der Waals surface area contributed by atoms with Gasteiger partial charge in [0.1, 0.15) is 0 Å². The predicted octanol–water partition coefficient (Wildman–Crippen LogP) is 4.03. The van der Waals surface area contributed by atoms with Gasteiger partial charge in [0, 0.05) is 7.05 Å². The fourth-order valence-corrected chi connectivity index (χ4v) is 3.33. The van der Waals surface area contributed by atoms with Crippen molar-refractivity contribution in [1.29, 1.82) is 0 Å². The Bertz CT molecular complexity index is 678. The number of rotatable bonds is 5. The lowest BCUT2D eigenvalue weighted by atomic mass is 9.99. The van der Waals surface area contributed by atoms with Crippen LogP contribution < -0.4 is 4.31 Å². The molecule has 0 radical (unpaired) electrons. The van der Waals surface area contributed by atoms with Crippen LogP contribution >= 0.6 is 0 Å². The van der Waals surface area contributed by atoms with Crippen LogP contribution in [0.3, 0.4) is 0 Å². The van der Waals surface area contributed by atoms with Crippen LogP contribution in [-0.2, 0) is 10.0 Å². The van der Waals surface area contributed by atoms with Crippen LogP contribution in [0.5, 0.6) is 0 Å². The van der Waals surface area contributed by atoms with Crippen molar-refractivity contribution in [2.24, 2.45) is 0 Å². The van der Waals surface area contributed by atoms with Crippen molar-refractivity contribution in [3.63, 3.8) is 0 Å². The Hall–Kier alpha value is -1.81. The van der Waals surface area contributed by atoms with Gasteiger partial charge in [-0.2, -0.15) is 0 Å². The summed E-state index contributed by atoms with van der Waals surface area (Å²) in [5, 5.41) is 0. The molecule has 2 rings (SSSR count). The molecular weight excluding hydrogens is 282 g/mol. The summed E-state index contributed by atoms with van der Waals surface area (Å²) < 4.78 is 26.5. The molecule has 0 aliphatic rings. The number of benzene rings is 2. The number of sulfonamides is 1. The SMILES string of the molecule is CCC(C)c1ccc(S(=O)(=O)N(C)c2ccccc2)cc1. The monoisotopic (exact) mass is 303 g/mol. The maximum absolute atomic E-state index is 12.6. The maximum atomic E-state index is 12.6. The minimum atomic E-state index is -3.51. The molecule has 0 aliphatic carbocycles. The van der Waals surface area contributed by atoms with Crippen molar-refractivity contribution in [3.05, 3.63) is 60.2 Å². The standard InChI is InChI=1S/C17H21NO2S/c1-4-14(2)15-10-12-17(13-11-15)21(19,20)18(3)16-8-6-5-7-9-16/h5-14H,4H2,1-3H3. The average Bonchev–Trinajstić information content (AvgIpc) is 2.54. The lowest BCUT2D eigenvalue weighted by molar-refractivity contribution is 0.594. The molecule has 1 unspecified atom stereocenters. The summed E-state index contributed by atoms with van der Waals surface area (Å²) in [7, 11) is -1.93. The van der Waals surface area contributed by atoms with Crippen molar-refractivity contribution >= 4 is 15.7 Å². The van der Waals surface area contributed by atoms with Crippen LogP contribution in [0.2, 0.25) is 0 Å². The Morgan fingerprint density at radius 1 is 1.00 bits per heavy atom. The molecule has 1 atom stereocenters. The van der Waals surface area contributed by atoms with Gasteiger partial charge >= 0.3 is 0 Å². The zero-order valence-corrected chi connectivity index (χ0v) is 13.5. The highest BCUT2D eigenvalue weighted by molar-refractivity contribution is 7.92. The smallest absolute Gasteiger partial charge is 0.264 e. The second-order valence-electron chi connectivity index (χ2n) is 5.19. The maximum Gasteiger partial charge on any atom is 0.264 e. The first-order valence-electron chi connectivity index (χ1n) is 7.10. The van der Waals surface area contributed by atoms with Gasteiger partial charge in [-0.05, 0) is 42.2 Å². The van der Waals surface area contributed by atoms with E-state index in [0.29, 0.717) is 16.5 Å². The Morgan fingerprint density at radius 3 is 2.10 bits per heavy atom. The van der Waals surface area contributed by atoms with Crippen LogP contribution in [0.4, 0.5) is 5.69 Å². The molecule has 21 heavy (non-hydrogen) atoms. The highest BCUT2D eigenvalue weighted by Crippen LogP contribution is 2.24. The lowest BCUT2D eigenvalue weighted by Gasteiger charge is -2.20. The number of para-hydroxylation sites is 1. The molecular formula is C17H21NO2S. The molecule has 112 valence electrons. The first-order chi connectivity index (χ1) is 9.96. The molecule has 4 heteroatoms. The van der Waals surface area contributed by atoms with Crippen LogP contribution in [0.15, 0.2) is 59.5 Å². The van der Waals surface area contributed by atoms with Crippen molar-refractivity contribution in [1.82, 2.24) is 0 Å². The van der Waals surface area contributed by atoms with Crippen molar-refractivity contribution in [3.8, 4) is 0 Å². The molecule has 0 amide bonds. The number of anilines is 1. The molecule has 3 nitrogen and oxygen atoms in total. The van der Waals surface area contributed by atoms with Crippen LogP contribution in [-0.4, -0.2) is 15.5 Å².